The number of hydrogen-bond donors (Lipinski definition) is 2. The number of nitrogens with zero attached hydrogens (tertiary/aromatic N) is 1. The van der Waals surface area contributed by atoms with Gasteiger partial charge in [-0.15, -0.1) is 0 Å². The van der Waals surface area contributed by atoms with Crippen molar-refractivity contribution in [2.75, 3.05) is 12.8 Å². The average Bonchev–Trinajstić information content (AvgIpc) is 2.27. The molecule has 0 heterocycles. The molecule has 1 atom stereocenters. The number of carboxylic acid groups (broad SMARTS) is 1. The SMILES string of the molecule is CCC(C)N(C)Cc1cccc(N)c1C(=O)O. The summed E-state index contributed by atoms with van der Waals surface area (Å²) in [5.74, 6) is -0.962. The van der Waals surface area contributed by atoms with E-state index >= 15 is 0 Å². The number of aromatic carboxylic acids is 1. The van der Waals surface area contributed by atoms with Crippen LogP contribution in [0.15, 0.2) is 18.2 Å². The number of anilines is 1. The number of nitrogen functional groups attached to an aromatic ring is 1. The fourth-order valence-electron chi connectivity index (χ4n) is 1.75. The summed E-state index contributed by atoms with van der Waals surface area (Å²) in [4.78, 5) is 13.3. The lowest BCUT2D eigenvalue weighted by atomic mass is 10.0. The number of carbonyl (C=O) groups is 1. The van der Waals surface area contributed by atoms with Crippen LogP contribution in [0.4, 0.5) is 5.69 Å². The van der Waals surface area contributed by atoms with E-state index in [9.17, 15) is 4.79 Å². The molecule has 1 aromatic carbocycles. The van der Waals surface area contributed by atoms with Gasteiger partial charge in [0, 0.05) is 18.3 Å². The van der Waals surface area contributed by atoms with Gasteiger partial charge in [0.25, 0.3) is 0 Å². The minimum Gasteiger partial charge on any atom is -0.478 e. The van der Waals surface area contributed by atoms with Gasteiger partial charge in [-0.1, -0.05) is 19.1 Å². The lowest BCUT2D eigenvalue weighted by Gasteiger charge is -2.24. The quantitative estimate of drug-likeness (QED) is 0.769. The molecule has 0 saturated heterocycles. The Kier molecular flexibility index (Phi) is 4.52. The summed E-state index contributed by atoms with van der Waals surface area (Å²) in [7, 11) is 1.99. The van der Waals surface area contributed by atoms with Crippen molar-refractivity contribution in [3.8, 4) is 0 Å². The highest BCUT2D eigenvalue weighted by molar-refractivity contribution is 5.95. The smallest absolute Gasteiger partial charge is 0.338 e. The third-order valence-electron chi connectivity index (χ3n) is 3.16. The van der Waals surface area contributed by atoms with Crippen LogP contribution in [0, 0.1) is 0 Å². The van der Waals surface area contributed by atoms with Crippen molar-refractivity contribution in [2.24, 2.45) is 0 Å². The molecule has 0 radical (unpaired) electrons. The van der Waals surface area contributed by atoms with Crippen LogP contribution in [0.2, 0.25) is 0 Å². The summed E-state index contributed by atoms with van der Waals surface area (Å²) in [6.07, 6.45) is 1.03. The summed E-state index contributed by atoms with van der Waals surface area (Å²) >= 11 is 0. The molecule has 94 valence electrons. The minimum absolute atomic E-state index is 0.225. The van der Waals surface area contributed by atoms with E-state index in [1.807, 2.05) is 13.1 Å². The van der Waals surface area contributed by atoms with Gasteiger partial charge in [-0.25, -0.2) is 4.79 Å². The van der Waals surface area contributed by atoms with Crippen LogP contribution in [0.25, 0.3) is 0 Å². The lowest BCUT2D eigenvalue weighted by Crippen LogP contribution is -2.28. The van der Waals surface area contributed by atoms with Gasteiger partial charge in [-0.3, -0.25) is 4.90 Å². The van der Waals surface area contributed by atoms with Crippen LogP contribution in [0.5, 0.6) is 0 Å². The zero-order valence-corrected chi connectivity index (χ0v) is 10.6. The molecule has 3 N–H and O–H groups in total. The Labute approximate surface area is 102 Å². The maximum Gasteiger partial charge on any atom is 0.338 e. The summed E-state index contributed by atoms with van der Waals surface area (Å²) < 4.78 is 0. The number of nitrogens with two attached hydrogens (primary N) is 1. The number of carboxylic acids is 1. The number of rotatable bonds is 5. The van der Waals surface area contributed by atoms with E-state index in [1.165, 1.54) is 0 Å². The Morgan fingerprint density at radius 1 is 1.53 bits per heavy atom. The molecule has 0 aliphatic carbocycles. The van der Waals surface area contributed by atoms with E-state index < -0.39 is 5.97 Å². The van der Waals surface area contributed by atoms with Crippen LogP contribution in [-0.4, -0.2) is 29.1 Å². The first kappa shape index (κ1) is 13.5. The van der Waals surface area contributed by atoms with Crippen LogP contribution in [-0.2, 0) is 6.54 Å². The van der Waals surface area contributed by atoms with E-state index in [0.29, 0.717) is 18.3 Å². The van der Waals surface area contributed by atoms with Gasteiger partial charge >= 0.3 is 5.97 Å². The second-order valence-electron chi connectivity index (χ2n) is 4.36. The van der Waals surface area contributed by atoms with Gasteiger partial charge in [0.05, 0.1) is 5.56 Å². The minimum atomic E-state index is -0.962. The molecule has 1 unspecified atom stereocenters. The Balaban J connectivity index is 2.98. The Hall–Kier alpha value is -1.55. The van der Waals surface area contributed by atoms with Gasteiger partial charge in [-0.2, -0.15) is 0 Å². The number of benzene rings is 1. The molecular weight excluding hydrogens is 216 g/mol. The zero-order chi connectivity index (χ0) is 13.0. The van der Waals surface area contributed by atoms with Crippen LogP contribution >= 0.6 is 0 Å². The highest BCUT2D eigenvalue weighted by Gasteiger charge is 2.16. The topological polar surface area (TPSA) is 66.6 Å². The first-order valence-corrected chi connectivity index (χ1v) is 5.78. The summed E-state index contributed by atoms with van der Waals surface area (Å²) in [5, 5.41) is 9.16. The standard InChI is InChI=1S/C13H20N2O2/c1-4-9(2)15(3)8-10-6-5-7-11(14)12(10)13(16)17/h5-7,9H,4,8,14H2,1-3H3,(H,16,17). The van der Waals surface area contributed by atoms with Crippen molar-refractivity contribution in [3.63, 3.8) is 0 Å². The zero-order valence-electron chi connectivity index (χ0n) is 10.6. The molecule has 0 saturated carbocycles. The molecule has 0 aliphatic heterocycles. The molecule has 0 fully saturated rings. The Morgan fingerprint density at radius 2 is 2.18 bits per heavy atom. The second-order valence-corrected chi connectivity index (χ2v) is 4.36. The maximum atomic E-state index is 11.2. The van der Waals surface area contributed by atoms with Crippen molar-refractivity contribution >= 4 is 11.7 Å². The lowest BCUT2D eigenvalue weighted by molar-refractivity contribution is 0.0695. The van der Waals surface area contributed by atoms with Gasteiger partial charge < -0.3 is 10.8 Å². The van der Waals surface area contributed by atoms with Gasteiger partial charge in [0.1, 0.15) is 0 Å². The second kappa shape index (κ2) is 5.68. The fraction of sp³-hybridized carbons (Fsp3) is 0.462. The van der Waals surface area contributed by atoms with Crippen LogP contribution in [0.1, 0.15) is 36.2 Å². The Bertz CT molecular complexity index is 404. The third-order valence-corrected chi connectivity index (χ3v) is 3.16. The molecule has 0 aromatic heterocycles. The molecule has 1 rings (SSSR count). The summed E-state index contributed by atoms with van der Waals surface area (Å²) in [6.45, 7) is 4.83. The van der Waals surface area contributed by atoms with Gasteiger partial charge in [0.15, 0.2) is 0 Å². The molecular formula is C13H20N2O2. The molecule has 0 aliphatic rings. The van der Waals surface area contributed by atoms with Crippen molar-refractivity contribution in [3.05, 3.63) is 29.3 Å². The third kappa shape index (κ3) is 3.20. The van der Waals surface area contributed by atoms with E-state index in [-0.39, 0.29) is 5.56 Å². The Morgan fingerprint density at radius 3 is 2.71 bits per heavy atom. The van der Waals surface area contributed by atoms with Crippen molar-refractivity contribution in [1.82, 2.24) is 4.90 Å². The highest BCUT2D eigenvalue weighted by atomic mass is 16.4. The predicted molar refractivity (Wildman–Crippen MR) is 69.0 cm³/mol. The fourth-order valence-corrected chi connectivity index (χ4v) is 1.75. The molecule has 4 heteroatoms. The largest absolute Gasteiger partial charge is 0.478 e. The van der Waals surface area contributed by atoms with Gasteiger partial charge in [0.2, 0.25) is 0 Å². The molecule has 0 amide bonds. The monoisotopic (exact) mass is 236 g/mol. The maximum absolute atomic E-state index is 11.2. The van der Waals surface area contributed by atoms with Crippen LogP contribution in [0.3, 0.4) is 0 Å². The molecule has 0 bridgehead atoms. The van der Waals surface area contributed by atoms with Crippen molar-refractivity contribution in [1.29, 1.82) is 0 Å². The normalized spacial score (nSPS) is 12.7. The van der Waals surface area contributed by atoms with Crippen LogP contribution < -0.4 is 5.73 Å². The van der Waals surface area contributed by atoms with Gasteiger partial charge in [-0.05, 0) is 32.0 Å². The molecule has 4 nitrogen and oxygen atoms in total. The molecule has 17 heavy (non-hydrogen) atoms. The number of hydrogen-bond acceptors (Lipinski definition) is 3. The molecule has 0 spiro atoms. The average molecular weight is 236 g/mol. The highest BCUT2D eigenvalue weighted by Crippen LogP contribution is 2.19. The summed E-state index contributed by atoms with van der Waals surface area (Å²) in [6, 6.07) is 5.65. The predicted octanol–water partition coefficient (Wildman–Crippen LogP) is 2.20. The molecule has 1 aromatic rings. The van der Waals surface area contributed by atoms with Crippen molar-refractivity contribution in [2.45, 2.75) is 32.9 Å². The van der Waals surface area contributed by atoms with E-state index in [2.05, 4.69) is 18.7 Å². The van der Waals surface area contributed by atoms with E-state index in [4.69, 9.17) is 10.8 Å². The first-order chi connectivity index (χ1) is 7.97. The first-order valence-electron chi connectivity index (χ1n) is 5.78. The van der Waals surface area contributed by atoms with E-state index in [0.717, 1.165) is 12.0 Å². The van der Waals surface area contributed by atoms with Crippen molar-refractivity contribution < 1.29 is 9.90 Å². The van der Waals surface area contributed by atoms with E-state index in [1.54, 1.807) is 12.1 Å². The summed E-state index contributed by atoms with van der Waals surface area (Å²) in [5.41, 5.74) is 7.02.